The number of likely N-dealkylation sites (N-methyl/N-ethyl adjacent to an activating group) is 1. The van der Waals surface area contributed by atoms with Crippen molar-refractivity contribution in [1.29, 1.82) is 0 Å². The number of ether oxygens (including phenoxy) is 3. The number of nitrogens with zero attached hydrogens (tertiary/aromatic N) is 3. The molecule has 11 heteroatoms. The van der Waals surface area contributed by atoms with Crippen molar-refractivity contribution in [3.8, 4) is 5.75 Å². The molecule has 2 aromatic carbocycles. The molecule has 0 spiro atoms. The number of anilines is 2. The minimum absolute atomic E-state index is 0.0679. The summed E-state index contributed by atoms with van der Waals surface area (Å²) >= 11 is 0. The number of benzene rings is 2. The molecule has 1 N–H and O–H groups in total. The van der Waals surface area contributed by atoms with Gasteiger partial charge in [-0.3, -0.25) is 19.7 Å². The normalized spacial score (nSPS) is 13.8. The van der Waals surface area contributed by atoms with E-state index < -0.39 is 23.7 Å². The Balaban J connectivity index is 1.44. The number of hydrogen-bond acceptors (Lipinski definition) is 8. The molecule has 3 aromatic rings. The third-order valence-electron chi connectivity index (χ3n) is 7.33. The number of fused-ring (bicyclic) bond motifs is 1. The molecule has 4 rings (SSSR count). The number of aryl methyl sites for hydroxylation is 1. The molecule has 1 unspecified atom stereocenters. The lowest BCUT2D eigenvalue weighted by Gasteiger charge is -2.30. The molecule has 46 heavy (non-hydrogen) atoms. The first-order chi connectivity index (χ1) is 22.0. The smallest absolute Gasteiger partial charge is 0.413 e. The molecule has 0 saturated carbocycles. The van der Waals surface area contributed by atoms with Gasteiger partial charge in [0.25, 0.3) is 5.91 Å². The van der Waals surface area contributed by atoms with Crippen LogP contribution >= 0.6 is 0 Å². The Morgan fingerprint density at radius 3 is 2.50 bits per heavy atom. The van der Waals surface area contributed by atoms with Gasteiger partial charge in [-0.25, -0.2) is 9.78 Å². The molecular weight excluding hydrogens is 588 g/mol. The molecule has 1 aliphatic rings. The molecule has 2 heterocycles. The predicted octanol–water partition coefficient (Wildman–Crippen LogP) is 5.94. The number of unbranched alkanes of at least 4 members (excludes halogenated alkanes) is 1. The SMILES string of the molecule is CCOC(=O)CC(c1ccccc1)N1CC(=O)N(C)c2ccc(CCCCOc3cccnc3NC(=O)OC(C)(C)C)cc2C1=O. The zero-order valence-electron chi connectivity index (χ0n) is 27.1. The van der Waals surface area contributed by atoms with Gasteiger partial charge in [0, 0.05) is 13.2 Å². The van der Waals surface area contributed by atoms with E-state index in [1.54, 1.807) is 59.1 Å². The summed E-state index contributed by atoms with van der Waals surface area (Å²) in [5.74, 6) is -0.298. The quantitative estimate of drug-likeness (QED) is 0.192. The summed E-state index contributed by atoms with van der Waals surface area (Å²) in [7, 11) is 1.65. The molecule has 0 saturated heterocycles. The lowest BCUT2D eigenvalue weighted by Crippen LogP contribution is -2.41. The van der Waals surface area contributed by atoms with Crippen LogP contribution in [-0.4, -0.2) is 66.2 Å². The van der Waals surface area contributed by atoms with E-state index in [-0.39, 0.29) is 37.2 Å². The topological polar surface area (TPSA) is 127 Å². The fourth-order valence-electron chi connectivity index (χ4n) is 5.14. The fourth-order valence-corrected chi connectivity index (χ4v) is 5.14. The molecule has 0 aliphatic carbocycles. The number of aromatic nitrogens is 1. The zero-order valence-corrected chi connectivity index (χ0v) is 27.1. The molecule has 1 aliphatic heterocycles. The summed E-state index contributed by atoms with van der Waals surface area (Å²) in [6, 6.07) is 17.6. The number of pyridine rings is 1. The minimum atomic E-state index is -0.668. The largest absolute Gasteiger partial charge is 0.490 e. The molecule has 1 atom stereocenters. The van der Waals surface area contributed by atoms with Crippen LogP contribution in [0.5, 0.6) is 5.75 Å². The van der Waals surface area contributed by atoms with Crippen molar-refractivity contribution in [1.82, 2.24) is 9.88 Å². The van der Waals surface area contributed by atoms with Gasteiger partial charge in [0.15, 0.2) is 11.6 Å². The van der Waals surface area contributed by atoms with Crippen molar-refractivity contribution in [2.75, 3.05) is 37.0 Å². The van der Waals surface area contributed by atoms with Crippen LogP contribution in [0.15, 0.2) is 66.9 Å². The number of amides is 3. The van der Waals surface area contributed by atoms with Crippen LogP contribution in [0.2, 0.25) is 0 Å². The standard InChI is InChI=1S/C35H42N4O7/c1-6-44-31(41)22-28(25-14-8-7-9-15-25)39-23-30(40)38(5)27-18-17-24(21-26(27)33(39)42)13-10-11-20-45-29-16-12-19-36-32(29)37-34(43)46-35(2,3)4/h7-9,12,14-19,21,28H,6,10-11,13,20,22-23H2,1-5H3,(H,36,37,43). The highest BCUT2D eigenvalue weighted by atomic mass is 16.6. The lowest BCUT2D eigenvalue weighted by molar-refractivity contribution is -0.144. The number of nitrogens with one attached hydrogen (secondary N) is 1. The summed E-state index contributed by atoms with van der Waals surface area (Å²) in [5.41, 5.74) is 1.96. The molecular formula is C35H42N4O7. The van der Waals surface area contributed by atoms with E-state index in [9.17, 15) is 19.2 Å². The van der Waals surface area contributed by atoms with Gasteiger partial charge >= 0.3 is 12.1 Å². The predicted molar refractivity (Wildman–Crippen MR) is 174 cm³/mol. The van der Waals surface area contributed by atoms with E-state index >= 15 is 0 Å². The first-order valence-electron chi connectivity index (χ1n) is 15.5. The fraction of sp³-hybridized carbons (Fsp3) is 0.400. The third kappa shape index (κ3) is 9.06. The second kappa shape index (κ2) is 15.4. The first-order valence-corrected chi connectivity index (χ1v) is 15.5. The Morgan fingerprint density at radius 1 is 1.02 bits per heavy atom. The van der Waals surface area contributed by atoms with Crippen molar-refractivity contribution in [3.05, 3.63) is 83.6 Å². The lowest BCUT2D eigenvalue weighted by atomic mass is 9.99. The van der Waals surface area contributed by atoms with Crippen LogP contribution < -0.4 is 15.0 Å². The summed E-state index contributed by atoms with van der Waals surface area (Å²) < 4.78 is 16.4. The minimum Gasteiger partial charge on any atom is -0.490 e. The van der Waals surface area contributed by atoms with E-state index in [1.807, 2.05) is 42.5 Å². The third-order valence-corrected chi connectivity index (χ3v) is 7.33. The highest BCUT2D eigenvalue weighted by molar-refractivity contribution is 6.09. The van der Waals surface area contributed by atoms with E-state index in [4.69, 9.17) is 14.2 Å². The zero-order chi connectivity index (χ0) is 33.3. The molecule has 3 amide bonds. The average molecular weight is 631 g/mol. The van der Waals surface area contributed by atoms with Gasteiger partial charge in [0.2, 0.25) is 5.91 Å². The van der Waals surface area contributed by atoms with Crippen molar-refractivity contribution < 1.29 is 33.4 Å². The van der Waals surface area contributed by atoms with Crippen LogP contribution in [-0.2, 0) is 25.5 Å². The first kappa shape index (κ1) is 34.0. The molecule has 244 valence electrons. The number of carbonyl (C=O) groups excluding carboxylic acids is 4. The van der Waals surface area contributed by atoms with Gasteiger partial charge in [-0.05, 0) is 82.3 Å². The highest BCUT2D eigenvalue weighted by Gasteiger charge is 2.36. The Bertz CT molecular complexity index is 1540. The Hall–Kier alpha value is -4.93. The number of carbonyl (C=O) groups is 4. The van der Waals surface area contributed by atoms with E-state index in [0.717, 1.165) is 17.5 Å². The molecule has 1 aromatic heterocycles. The van der Waals surface area contributed by atoms with Gasteiger partial charge in [-0.15, -0.1) is 0 Å². The van der Waals surface area contributed by atoms with Crippen LogP contribution in [0, 0.1) is 0 Å². The number of esters is 1. The monoisotopic (exact) mass is 630 g/mol. The summed E-state index contributed by atoms with van der Waals surface area (Å²) in [5, 5.41) is 2.63. The Labute approximate surface area is 269 Å². The van der Waals surface area contributed by atoms with Crippen LogP contribution in [0.3, 0.4) is 0 Å². The highest BCUT2D eigenvalue weighted by Crippen LogP contribution is 2.33. The van der Waals surface area contributed by atoms with E-state index in [2.05, 4.69) is 10.3 Å². The van der Waals surface area contributed by atoms with Crippen LogP contribution in [0.25, 0.3) is 0 Å². The van der Waals surface area contributed by atoms with Crippen LogP contribution in [0.1, 0.15) is 74.5 Å². The summed E-state index contributed by atoms with van der Waals surface area (Å²) in [6.45, 7) is 7.51. The van der Waals surface area contributed by atoms with Crippen LogP contribution in [0.4, 0.5) is 16.3 Å². The van der Waals surface area contributed by atoms with Gasteiger partial charge in [-0.1, -0.05) is 36.4 Å². The second-order valence-electron chi connectivity index (χ2n) is 12.0. The van der Waals surface area contributed by atoms with Crippen molar-refractivity contribution in [3.63, 3.8) is 0 Å². The maximum atomic E-state index is 14.1. The Kier molecular flexibility index (Phi) is 11.3. The number of rotatable bonds is 12. The van der Waals surface area contributed by atoms with Crippen molar-refractivity contribution in [2.24, 2.45) is 0 Å². The molecule has 11 nitrogen and oxygen atoms in total. The van der Waals surface area contributed by atoms with E-state index in [0.29, 0.717) is 36.4 Å². The number of hydrogen-bond donors (Lipinski definition) is 1. The molecule has 0 radical (unpaired) electrons. The Morgan fingerprint density at radius 2 is 1.78 bits per heavy atom. The average Bonchev–Trinajstić information content (AvgIpc) is 3.10. The van der Waals surface area contributed by atoms with Crippen molar-refractivity contribution in [2.45, 2.75) is 65.0 Å². The van der Waals surface area contributed by atoms with Gasteiger partial charge < -0.3 is 24.0 Å². The second-order valence-corrected chi connectivity index (χ2v) is 12.0. The van der Waals surface area contributed by atoms with E-state index in [1.165, 1.54) is 9.80 Å². The maximum Gasteiger partial charge on any atom is 0.413 e. The summed E-state index contributed by atoms with van der Waals surface area (Å²) in [6.07, 6.45) is 3.01. The van der Waals surface area contributed by atoms with Crippen molar-refractivity contribution >= 4 is 35.4 Å². The van der Waals surface area contributed by atoms with Gasteiger partial charge in [0.1, 0.15) is 12.1 Å². The molecule has 0 bridgehead atoms. The summed E-state index contributed by atoms with van der Waals surface area (Å²) in [4.78, 5) is 59.3. The van der Waals surface area contributed by atoms with Gasteiger partial charge in [0.05, 0.1) is 36.9 Å². The molecule has 0 fully saturated rings. The maximum absolute atomic E-state index is 14.1. The van der Waals surface area contributed by atoms with Gasteiger partial charge in [-0.2, -0.15) is 0 Å².